The Balaban J connectivity index is 1.38. The molecule has 0 spiro atoms. The highest BCUT2D eigenvalue weighted by molar-refractivity contribution is 5.87. The third kappa shape index (κ3) is 4.31. The molecule has 33 heavy (non-hydrogen) atoms. The molecule has 10 nitrogen and oxygen atoms in total. The molecule has 5 rings (SSSR count). The minimum absolute atomic E-state index is 0.0808. The maximum absolute atomic E-state index is 13.0. The molecule has 0 fully saturated rings. The summed E-state index contributed by atoms with van der Waals surface area (Å²) in [6.07, 6.45) is 3.48. The van der Waals surface area contributed by atoms with Crippen LogP contribution < -0.4 is 10.2 Å². The number of H-pyrrole nitrogens is 2. The molecule has 1 unspecified atom stereocenters. The van der Waals surface area contributed by atoms with Crippen molar-refractivity contribution in [3.05, 3.63) is 72.6 Å². The fourth-order valence-corrected chi connectivity index (χ4v) is 3.79. The molecule has 2 aromatic carbocycles. The minimum atomic E-state index is -0.389. The molecule has 0 saturated heterocycles. The maximum atomic E-state index is 13.0. The van der Waals surface area contributed by atoms with E-state index in [2.05, 4.69) is 35.2 Å². The molecule has 3 heterocycles. The lowest BCUT2D eigenvalue weighted by Gasteiger charge is -2.21. The second-order valence-electron chi connectivity index (χ2n) is 7.78. The largest absolute Gasteiger partial charge is 0.508 e. The normalized spacial score (nSPS) is 12.2. The second kappa shape index (κ2) is 8.58. The number of hydrogen-bond acceptors (Lipinski definition) is 7. The van der Waals surface area contributed by atoms with E-state index in [0.29, 0.717) is 29.2 Å². The van der Waals surface area contributed by atoms with Gasteiger partial charge in [-0.15, -0.1) is 0 Å². The van der Waals surface area contributed by atoms with Crippen LogP contribution in [0.4, 0.5) is 5.82 Å². The smallest absolute Gasteiger partial charge is 0.240 e. The van der Waals surface area contributed by atoms with Gasteiger partial charge in [-0.1, -0.05) is 24.3 Å². The lowest BCUT2D eigenvalue weighted by molar-refractivity contribution is -0.120. The monoisotopic (exact) mass is 442 g/mol. The molecule has 0 radical (unpaired) electrons. The van der Waals surface area contributed by atoms with Gasteiger partial charge in [0, 0.05) is 7.05 Å². The number of fused-ring (bicyclic) bond motifs is 2. The van der Waals surface area contributed by atoms with Crippen LogP contribution in [0, 0.1) is 0 Å². The molecule has 4 N–H and O–H groups in total. The zero-order chi connectivity index (χ0) is 22.8. The van der Waals surface area contributed by atoms with Crippen LogP contribution >= 0.6 is 0 Å². The zero-order valence-electron chi connectivity index (χ0n) is 17.9. The molecule has 166 valence electrons. The molecule has 5 aromatic rings. The summed E-state index contributed by atoms with van der Waals surface area (Å²) in [5.74, 6) is 1.26. The fraction of sp³-hybridized carbons (Fsp3) is 0.174. The highest BCUT2D eigenvalue weighted by Gasteiger charge is 2.21. The van der Waals surface area contributed by atoms with Gasteiger partial charge in [-0.3, -0.25) is 4.79 Å². The number of carbonyl (C=O) groups excluding carboxylic acids is 1. The van der Waals surface area contributed by atoms with Crippen LogP contribution in [0.25, 0.3) is 22.2 Å². The Morgan fingerprint density at radius 2 is 1.94 bits per heavy atom. The molecular weight excluding hydrogens is 420 g/mol. The first-order valence-corrected chi connectivity index (χ1v) is 10.4. The van der Waals surface area contributed by atoms with Gasteiger partial charge in [0.15, 0.2) is 11.5 Å². The summed E-state index contributed by atoms with van der Waals surface area (Å²) in [4.78, 5) is 38.3. The van der Waals surface area contributed by atoms with Crippen LogP contribution in [0.5, 0.6) is 5.75 Å². The van der Waals surface area contributed by atoms with Crippen LogP contribution in [-0.4, -0.2) is 54.5 Å². The van der Waals surface area contributed by atoms with E-state index in [1.807, 2.05) is 36.4 Å². The Morgan fingerprint density at radius 3 is 2.76 bits per heavy atom. The average molecular weight is 442 g/mol. The summed E-state index contributed by atoms with van der Waals surface area (Å²) in [5.41, 5.74) is 3.90. The number of imidazole rings is 2. The van der Waals surface area contributed by atoms with Gasteiger partial charge in [0.05, 0.1) is 29.9 Å². The van der Waals surface area contributed by atoms with E-state index < -0.39 is 0 Å². The van der Waals surface area contributed by atoms with Crippen molar-refractivity contribution in [2.45, 2.75) is 12.5 Å². The van der Waals surface area contributed by atoms with Crippen molar-refractivity contribution in [2.75, 3.05) is 18.5 Å². The standard InChI is InChI=1S/C23H22N8O2/c1-31(23-20-22(25-12-24-20)26-13-27-23)11-19(33)28-18(10-14-6-8-15(32)9-7-14)21-29-16-4-2-3-5-17(16)30-21/h2-9,12-13,18,32H,10-11H2,1H3,(H,28,33)(H,29,30)(H,24,25,26,27). The molecule has 3 aromatic heterocycles. The van der Waals surface area contributed by atoms with E-state index in [4.69, 9.17) is 0 Å². The van der Waals surface area contributed by atoms with Crippen molar-refractivity contribution >= 4 is 33.9 Å². The summed E-state index contributed by atoms with van der Waals surface area (Å²) in [6.45, 7) is 0.0808. The lowest BCUT2D eigenvalue weighted by atomic mass is 10.1. The summed E-state index contributed by atoms with van der Waals surface area (Å²) >= 11 is 0. The summed E-state index contributed by atoms with van der Waals surface area (Å²) in [6, 6.07) is 14.3. The molecule has 0 bridgehead atoms. The number of hydrogen-bond donors (Lipinski definition) is 4. The van der Waals surface area contributed by atoms with Gasteiger partial charge in [-0.2, -0.15) is 0 Å². The number of rotatable bonds is 7. The number of likely N-dealkylation sites (N-methyl/N-ethyl adjacent to an activating group) is 1. The van der Waals surface area contributed by atoms with Crippen LogP contribution in [0.15, 0.2) is 61.2 Å². The van der Waals surface area contributed by atoms with Crippen molar-refractivity contribution in [1.29, 1.82) is 0 Å². The highest BCUT2D eigenvalue weighted by atomic mass is 16.3. The lowest BCUT2D eigenvalue weighted by Crippen LogP contribution is -2.38. The van der Waals surface area contributed by atoms with Crippen molar-refractivity contribution in [3.8, 4) is 5.75 Å². The number of anilines is 1. The van der Waals surface area contributed by atoms with E-state index in [1.54, 1.807) is 30.4 Å². The number of nitrogens with zero attached hydrogens (tertiary/aromatic N) is 5. The van der Waals surface area contributed by atoms with Gasteiger partial charge in [0.2, 0.25) is 5.91 Å². The van der Waals surface area contributed by atoms with Crippen molar-refractivity contribution < 1.29 is 9.90 Å². The maximum Gasteiger partial charge on any atom is 0.240 e. The Kier molecular flexibility index (Phi) is 5.31. The molecule has 1 amide bonds. The van der Waals surface area contributed by atoms with Gasteiger partial charge in [-0.25, -0.2) is 19.9 Å². The van der Waals surface area contributed by atoms with Crippen LogP contribution in [0.2, 0.25) is 0 Å². The van der Waals surface area contributed by atoms with E-state index in [9.17, 15) is 9.90 Å². The van der Waals surface area contributed by atoms with Crippen LogP contribution in [0.3, 0.4) is 0 Å². The van der Waals surface area contributed by atoms with Crippen molar-refractivity contribution in [3.63, 3.8) is 0 Å². The predicted molar refractivity (Wildman–Crippen MR) is 124 cm³/mol. The first kappa shape index (κ1) is 20.4. The number of aromatic hydroxyl groups is 1. The van der Waals surface area contributed by atoms with Crippen LogP contribution in [-0.2, 0) is 11.2 Å². The number of nitrogens with one attached hydrogen (secondary N) is 3. The number of carbonyl (C=O) groups is 1. The first-order chi connectivity index (χ1) is 16.1. The Hall–Kier alpha value is -4.47. The number of aromatic amines is 2. The molecule has 0 aliphatic carbocycles. The number of amides is 1. The van der Waals surface area contributed by atoms with E-state index in [-0.39, 0.29) is 24.2 Å². The summed E-state index contributed by atoms with van der Waals surface area (Å²) in [5, 5.41) is 12.7. The van der Waals surface area contributed by atoms with Crippen molar-refractivity contribution in [1.82, 2.24) is 35.2 Å². The zero-order valence-corrected chi connectivity index (χ0v) is 17.9. The third-order valence-electron chi connectivity index (χ3n) is 5.39. The second-order valence-corrected chi connectivity index (χ2v) is 7.78. The van der Waals surface area contributed by atoms with E-state index in [1.165, 1.54) is 6.33 Å². The van der Waals surface area contributed by atoms with Crippen molar-refractivity contribution in [2.24, 2.45) is 0 Å². The molecule has 0 aliphatic rings. The van der Waals surface area contributed by atoms with E-state index >= 15 is 0 Å². The number of phenols is 1. The summed E-state index contributed by atoms with van der Waals surface area (Å²) < 4.78 is 0. The summed E-state index contributed by atoms with van der Waals surface area (Å²) in [7, 11) is 1.79. The third-order valence-corrected chi connectivity index (χ3v) is 5.39. The topological polar surface area (TPSA) is 136 Å². The highest BCUT2D eigenvalue weighted by Crippen LogP contribution is 2.22. The number of para-hydroxylation sites is 2. The Morgan fingerprint density at radius 1 is 1.12 bits per heavy atom. The number of benzene rings is 2. The molecule has 0 aliphatic heterocycles. The number of aromatic nitrogens is 6. The average Bonchev–Trinajstić information content (AvgIpc) is 3.46. The van der Waals surface area contributed by atoms with Gasteiger partial charge in [0.1, 0.15) is 23.4 Å². The Bertz CT molecular complexity index is 1380. The predicted octanol–water partition coefficient (Wildman–Crippen LogP) is 2.47. The molecule has 1 atom stereocenters. The van der Waals surface area contributed by atoms with Gasteiger partial charge >= 0.3 is 0 Å². The van der Waals surface area contributed by atoms with Gasteiger partial charge in [0.25, 0.3) is 0 Å². The fourth-order valence-electron chi connectivity index (χ4n) is 3.79. The quantitative estimate of drug-likeness (QED) is 0.304. The SMILES string of the molecule is CN(CC(=O)NC(Cc1ccc(O)cc1)c1nc2ccccc2[nH]1)c1ncnc2nc[nH]c12. The van der Waals surface area contributed by atoms with Gasteiger partial charge in [-0.05, 0) is 36.2 Å². The molecular formula is C23H22N8O2. The molecule has 10 heteroatoms. The van der Waals surface area contributed by atoms with Gasteiger partial charge < -0.3 is 25.3 Å². The van der Waals surface area contributed by atoms with E-state index in [0.717, 1.165) is 16.6 Å². The molecule has 0 saturated carbocycles. The Labute approximate surface area is 188 Å². The minimum Gasteiger partial charge on any atom is -0.508 e. The first-order valence-electron chi connectivity index (χ1n) is 10.4. The van der Waals surface area contributed by atoms with Crippen LogP contribution in [0.1, 0.15) is 17.4 Å². The number of phenolic OH excluding ortho intramolecular Hbond substituents is 1.